The van der Waals surface area contributed by atoms with E-state index in [-0.39, 0.29) is 0 Å². The van der Waals surface area contributed by atoms with Crippen molar-refractivity contribution in [1.29, 1.82) is 0 Å². The lowest BCUT2D eigenvalue weighted by molar-refractivity contribution is 0.487. The van der Waals surface area contributed by atoms with Crippen molar-refractivity contribution in [2.45, 2.75) is 0 Å². The average Bonchev–Trinajstić information content (AvgIpc) is 1.83. The smallest absolute Gasteiger partial charge is 0.292 e. The van der Waals surface area contributed by atoms with Gasteiger partial charge >= 0.3 is 38.5 Å². The molecule has 0 aliphatic rings. The summed E-state index contributed by atoms with van der Waals surface area (Å²) in [4.78, 5) is 0. The van der Waals surface area contributed by atoms with Gasteiger partial charge in [0.05, 0.1) is 0 Å². The van der Waals surface area contributed by atoms with Gasteiger partial charge in [0.25, 0.3) is 0 Å². The second-order valence-electron chi connectivity index (χ2n) is 1.29. The molecular formula is H4O10S4. The van der Waals surface area contributed by atoms with Crippen LogP contribution in [0.25, 0.3) is 0 Å². The van der Waals surface area contributed by atoms with Crippen molar-refractivity contribution in [2.24, 2.45) is 0 Å². The first kappa shape index (κ1) is 16.5. The molecule has 0 aromatic carbocycles. The molecule has 4 N–H and O–H groups in total. The zero-order chi connectivity index (χ0) is 12.2. The van der Waals surface area contributed by atoms with E-state index < -0.39 is 38.5 Å². The zero-order valence-electron chi connectivity index (χ0n) is 5.87. The van der Waals surface area contributed by atoms with Crippen LogP contribution in [0.4, 0.5) is 0 Å². The molecule has 10 nitrogen and oxygen atoms in total. The van der Waals surface area contributed by atoms with Crippen molar-refractivity contribution in [3.05, 3.63) is 0 Å². The van der Waals surface area contributed by atoms with Gasteiger partial charge in [0.1, 0.15) is 0 Å². The third-order valence-electron chi connectivity index (χ3n) is 0.360. The van der Waals surface area contributed by atoms with Gasteiger partial charge < -0.3 is 0 Å². The van der Waals surface area contributed by atoms with Crippen molar-refractivity contribution in [3.63, 3.8) is 0 Å². The topological polar surface area (TPSA) is 183 Å². The molecule has 14 heteroatoms. The van der Waals surface area contributed by atoms with Crippen LogP contribution < -0.4 is 0 Å². The van der Waals surface area contributed by atoms with Crippen LogP contribution in [-0.2, 0) is 38.5 Å². The Balaban J connectivity index is 0. The monoisotopic (exact) mass is 292 g/mol. The second-order valence-corrected chi connectivity index (χ2v) is 8.11. The van der Waals surface area contributed by atoms with E-state index >= 15 is 0 Å². The average molecular weight is 292 g/mol. The fourth-order valence-electron chi connectivity index (χ4n) is 0. The van der Waals surface area contributed by atoms with Crippen LogP contribution in [0.15, 0.2) is 0 Å². The lowest BCUT2D eigenvalue weighted by Gasteiger charge is -1.80. The summed E-state index contributed by atoms with van der Waals surface area (Å²) in [5.74, 6) is 0. The molecule has 2 atom stereocenters. The van der Waals surface area contributed by atoms with Gasteiger partial charge in [-0.15, -0.1) is 0 Å². The van der Waals surface area contributed by atoms with Gasteiger partial charge in [-0.05, 0) is 0 Å². The fraction of sp³-hybridized carbons (Fsp3) is 0. The van der Waals surface area contributed by atoms with Gasteiger partial charge in [0.15, 0.2) is 0 Å². The van der Waals surface area contributed by atoms with Gasteiger partial charge in [0, 0.05) is 0 Å². The van der Waals surface area contributed by atoms with Crippen molar-refractivity contribution in [1.82, 2.24) is 0 Å². The van der Waals surface area contributed by atoms with E-state index in [4.69, 9.17) is 18.2 Å². The highest BCUT2D eigenvalue weighted by Gasteiger charge is 2.10. The lowest BCUT2D eigenvalue weighted by atomic mass is 15.9. The van der Waals surface area contributed by atoms with Gasteiger partial charge in [-0.25, -0.2) is 8.42 Å². The Hall–Kier alpha value is 0.0400. The van der Waals surface area contributed by atoms with Crippen LogP contribution in [0.2, 0.25) is 0 Å². The number of hydrogen-bond donors (Lipinski definition) is 4. The molecule has 0 amide bonds. The molecule has 0 bridgehead atoms. The summed E-state index contributed by atoms with van der Waals surface area (Å²) >= 11 is 0. The highest BCUT2D eigenvalue weighted by molar-refractivity contribution is 8.59. The quantitative estimate of drug-likeness (QED) is 0.252. The Labute approximate surface area is 82.2 Å². The molecule has 88 valence electrons. The highest BCUT2D eigenvalue weighted by Crippen LogP contribution is 1.83. The van der Waals surface area contributed by atoms with Crippen molar-refractivity contribution >= 4 is 38.5 Å². The summed E-state index contributed by atoms with van der Waals surface area (Å²) in [6.45, 7) is 0. The fourth-order valence-corrected chi connectivity index (χ4v) is 0. The Kier molecular flexibility index (Phi) is 6.83. The summed E-state index contributed by atoms with van der Waals surface area (Å²) in [5.41, 5.74) is 0. The van der Waals surface area contributed by atoms with E-state index in [0.717, 1.165) is 0 Å². The van der Waals surface area contributed by atoms with E-state index in [2.05, 4.69) is 0 Å². The standard InChI is InChI=1S/2H2O5S2/c2*1-6(2)7(3,4)5/h2*(H,1,2)(H,3,4,5). The maximum atomic E-state index is 9.34. The Bertz CT molecular complexity index is 363. The Morgan fingerprint density at radius 3 is 0.786 bits per heavy atom. The molecular weight excluding hydrogens is 288 g/mol. The molecule has 0 spiro atoms. The van der Waals surface area contributed by atoms with E-state index in [9.17, 15) is 25.3 Å². The van der Waals surface area contributed by atoms with Crippen LogP contribution in [0.3, 0.4) is 0 Å². The second kappa shape index (κ2) is 5.81. The lowest BCUT2D eigenvalue weighted by Crippen LogP contribution is -2.03. The van der Waals surface area contributed by atoms with Crippen LogP contribution >= 0.6 is 0 Å². The minimum Gasteiger partial charge on any atom is -0.292 e. The minimum absolute atomic E-state index is 3.16. The summed E-state index contributed by atoms with van der Waals surface area (Å²) < 4.78 is 86.0. The first-order valence-corrected chi connectivity index (χ1v) is 8.19. The number of rotatable bonds is 2. The van der Waals surface area contributed by atoms with E-state index in [1.54, 1.807) is 0 Å². The van der Waals surface area contributed by atoms with Crippen LogP contribution in [-0.4, -0.2) is 43.5 Å². The molecule has 0 aromatic rings. The summed E-state index contributed by atoms with van der Waals surface area (Å²) in [6.07, 6.45) is 0. The molecule has 0 aromatic heterocycles. The van der Waals surface area contributed by atoms with Crippen molar-refractivity contribution < 1.29 is 43.5 Å². The third kappa shape index (κ3) is 10.1. The van der Waals surface area contributed by atoms with Crippen LogP contribution in [0, 0.1) is 0 Å². The molecule has 0 saturated carbocycles. The molecule has 0 fully saturated rings. The van der Waals surface area contributed by atoms with Crippen LogP contribution in [0.1, 0.15) is 0 Å². The highest BCUT2D eigenvalue weighted by atomic mass is 33.2. The van der Waals surface area contributed by atoms with E-state index in [1.807, 2.05) is 0 Å². The molecule has 0 heterocycles. The van der Waals surface area contributed by atoms with Crippen molar-refractivity contribution in [3.8, 4) is 0 Å². The first-order chi connectivity index (χ1) is 5.89. The minimum atomic E-state index is -4.71. The van der Waals surface area contributed by atoms with E-state index in [0.29, 0.717) is 0 Å². The largest absolute Gasteiger partial charge is 0.373 e. The summed E-state index contributed by atoms with van der Waals surface area (Å²) in [6, 6.07) is 0. The van der Waals surface area contributed by atoms with Gasteiger partial charge in [0.2, 0.25) is 0 Å². The maximum absolute atomic E-state index is 9.34. The molecule has 14 heavy (non-hydrogen) atoms. The molecule has 0 radical (unpaired) electrons. The molecule has 2 unspecified atom stereocenters. The molecule has 0 aliphatic heterocycles. The zero-order valence-corrected chi connectivity index (χ0v) is 9.14. The maximum Gasteiger partial charge on any atom is 0.373 e. The summed E-state index contributed by atoms with van der Waals surface area (Å²) in [7, 11) is -15.7. The van der Waals surface area contributed by atoms with E-state index in [1.165, 1.54) is 0 Å². The SMILES string of the molecule is O=S(O)S(=O)(=O)O.O=S(O)S(=O)(=O)O. The normalized spacial score (nSPS) is 16.3. The summed E-state index contributed by atoms with van der Waals surface area (Å²) in [5, 5.41) is 0. The Morgan fingerprint density at radius 1 is 0.714 bits per heavy atom. The predicted octanol–water partition coefficient (Wildman–Crippen LogP) is -1.98. The van der Waals surface area contributed by atoms with Crippen molar-refractivity contribution in [2.75, 3.05) is 0 Å². The number of hydrogen-bond acceptors (Lipinski definition) is 6. The van der Waals surface area contributed by atoms with Gasteiger partial charge in [-0.1, -0.05) is 0 Å². The first-order valence-electron chi connectivity index (χ1n) is 2.06. The molecule has 0 saturated heterocycles. The van der Waals surface area contributed by atoms with Gasteiger partial charge in [-0.2, -0.15) is 16.8 Å². The molecule has 0 aliphatic carbocycles. The van der Waals surface area contributed by atoms with Crippen LogP contribution in [0.5, 0.6) is 0 Å². The predicted molar refractivity (Wildman–Crippen MR) is 44.6 cm³/mol. The third-order valence-corrected chi connectivity index (χ3v) is 3.24. The Morgan fingerprint density at radius 2 is 0.786 bits per heavy atom. The van der Waals surface area contributed by atoms with Gasteiger partial charge in [-0.3, -0.25) is 18.2 Å². The molecule has 0 rings (SSSR count).